The van der Waals surface area contributed by atoms with Crippen molar-refractivity contribution in [1.29, 1.82) is 0 Å². The molecule has 0 spiro atoms. The number of halogens is 6. The van der Waals surface area contributed by atoms with Gasteiger partial charge in [0.05, 0.1) is 0 Å². The van der Waals surface area contributed by atoms with E-state index in [2.05, 4.69) is 4.74 Å². The molecular formula is C10H6F6O2. The van der Waals surface area contributed by atoms with Gasteiger partial charge < -0.3 is 4.74 Å². The van der Waals surface area contributed by atoms with Gasteiger partial charge in [-0.25, -0.2) is 4.39 Å². The number of alkyl halides is 6. The molecule has 18 heavy (non-hydrogen) atoms. The summed E-state index contributed by atoms with van der Waals surface area (Å²) in [4.78, 5) is 10.2. The maximum Gasteiger partial charge on any atom is 0.439 e. The Bertz CT molecular complexity index is 411. The molecular weight excluding hydrogens is 266 g/mol. The van der Waals surface area contributed by atoms with E-state index >= 15 is 0 Å². The van der Waals surface area contributed by atoms with Gasteiger partial charge in [0.25, 0.3) is 6.17 Å². The second-order valence-electron chi connectivity index (χ2n) is 3.25. The van der Waals surface area contributed by atoms with Gasteiger partial charge in [-0.15, -0.1) is 0 Å². The molecule has 0 unspecified atom stereocenters. The Morgan fingerprint density at radius 1 is 1.06 bits per heavy atom. The zero-order chi connectivity index (χ0) is 14.0. The predicted octanol–water partition coefficient (Wildman–Crippen LogP) is 3.37. The first kappa shape index (κ1) is 14.3. The van der Waals surface area contributed by atoms with Crippen LogP contribution in [0.5, 0.6) is 5.75 Å². The summed E-state index contributed by atoms with van der Waals surface area (Å²) >= 11 is 0. The standard InChI is InChI=1S/C10H6F6O2/c11-8(9(12,13)14)10(15,16)18-7-3-1-6(5-17)2-4-7/h1-5,8H/t8-/m1/s1. The molecule has 0 N–H and O–H groups in total. The molecule has 2 nitrogen and oxygen atoms in total. The van der Waals surface area contributed by atoms with Crippen molar-refractivity contribution in [3.63, 3.8) is 0 Å². The van der Waals surface area contributed by atoms with Crippen molar-refractivity contribution in [2.45, 2.75) is 18.5 Å². The summed E-state index contributed by atoms with van der Waals surface area (Å²) in [6.07, 6.45) is -14.8. The Kier molecular flexibility index (Phi) is 3.88. The Hall–Kier alpha value is -1.73. The van der Waals surface area contributed by atoms with E-state index in [-0.39, 0.29) is 5.56 Å². The minimum absolute atomic E-state index is 0.110. The van der Waals surface area contributed by atoms with Crippen LogP contribution in [0.1, 0.15) is 10.4 Å². The third kappa shape index (κ3) is 3.38. The Morgan fingerprint density at radius 2 is 1.56 bits per heavy atom. The van der Waals surface area contributed by atoms with Gasteiger partial charge in [0, 0.05) is 5.56 Å². The number of ether oxygens (including phenoxy) is 1. The number of aldehydes is 1. The molecule has 0 aliphatic heterocycles. The fourth-order valence-corrected chi connectivity index (χ4v) is 1.01. The van der Waals surface area contributed by atoms with Gasteiger partial charge in [0.1, 0.15) is 12.0 Å². The molecule has 1 rings (SSSR count). The van der Waals surface area contributed by atoms with E-state index in [0.29, 0.717) is 6.29 Å². The molecule has 8 heteroatoms. The van der Waals surface area contributed by atoms with Gasteiger partial charge in [-0.05, 0) is 24.3 Å². The topological polar surface area (TPSA) is 26.3 Å². The molecule has 100 valence electrons. The Morgan fingerprint density at radius 3 is 1.94 bits per heavy atom. The lowest BCUT2D eigenvalue weighted by Gasteiger charge is -2.23. The maximum absolute atomic E-state index is 12.8. The number of hydrogen-bond donors (Lipinski definition) is 0. The number of benzene rings is 1. The predicted molar refractivity (Wildman–Crippen MR) is 48.4 cm³/mol. The summed E-state index contributed by atoms with van der Waals surface area (Å²) in [7, 11) is 0. The number of carbonyl (C=O) groups is 1. The average molecular weight is 272 g/mol. The van der Waals surface area contributed by atoms with Crippen LogP contribution in [0, 0.1) is 0 Å². The molecule has 0 bridgehead atoms. The fourth-order valence-electron chi connectivity index (χ4n) is 1.01. The van der Waals surface area contributed by atoms with E-state index in [1.165, 1.54) is 0 Å². The molecule has 0 radical (unpaired) electrons. The lowest BCUT2D eigenvalue weighted by atomic mass is 10.2. The van der Waals surface area contributed by atoms with E-state index in [1.807, 2.05) is 0 Å². The molecule has 0 saturated carbocycles. The number of carbonyl (C=O) groups excluding carboxylic acids is 1. The van der Waals surface area contributed by atoms with E-state index in [1.54, 1.807) is 0 Å². The third-order valence-corrected chi connectivity index (χ3v) is 1.85. The molecule has 0 amide bonds. The lowest BCUT2D eigenvalue weighted by Crippen LogP contribution is -2.45. The Balaban J connectivity index is 2.84. The molecule has 1 aromatic carbocycles. The van der Waals surface area contributed by atoms with Crippen molar-refractivity contribution in [2.75, 3.05) is 0 Å². The highest BCUT2D eigenvalue weighted by molar-refractivity contribution is 5.74. The van der Waals surface area contributed by atoms with Crippen molar-refractivity contribution in [1.82, 2.24) is 0 Å². The molecule has 0 aromatic heterocycles. The largest absolute Gasteiger partial charge is 0.439 e. The van der Waals surface area contributed by atoms with Gasteiger partial charge in [0.2, 0.25) is 0 Å². The van der Waals surface area contributed by atoms with Crippen LogP contribution in [0.15, 0.2) is 24.3 Å². The molecule has 0 fully saturated rings. The van der Waals surface area contributed by atoms with Crippen molar-refractivity contribution in [2.24, 2.45) is 0 Å². The third-order valence-electron chi connectivity index (χ3n) is 1.85. The van der Waals surface area contributed by atoms with Crippen molar-refractivity contribution in [3.8, 4) is 5.75 Å². The van der Waals surface area contributed by atoms with Crippen LogP contribution in [-0.2, 0) is 0 Å². The van der Waals surface area contributed by atoms with E-state index in [9.17, 15) is 31.1 Å². The Labute approximate surface area is 97.2 Å². The quantitative estimate of drug-likeness (QED) is 0.620. The van der Waals surface area contributed by atoms with Crippen LogP contribution in [0.4, 0.5) is 26.3 Å². The zero-order valence-corrected chi connectivity index (χ0v) is 8.55. The zero-order valence-electron chi connectivity index (χ0n) is 8.55. The molecule has 0 aliphatic carbocycles. The smallest absolute Gasteiger partial charge is 0.430 e. The van der Waals surface area contributed by atoms with Crippen LogP contribution in [-0.4, -0.2) is 24.7 Å². The normalized spacial score (nSPS) is 14.1. The van der Waals surface area contributed by atoms with Crippen LogP contribution in [0.25, 0.3) is 0 Å². The maximum atomic E-state index is 12.8. The van der Waals surface area contributed by atoms with Crippen molar-refractivity contribution >= 4 is 6.29 Å². The molecule has 0 heterocycles. The first-order chi connectivity index (χ1) is 8.16. The van der Waals surface area contributed by atoms with Crippen molar-refractivity contribution in [3.05, 3.63) is 29.8 Å². The molecule has 1 aromatic rings. The summed E-state index contributed by atoms with van der Waals surface area (Å²) in [6.45, 7) is 0. The number of hydrogen-bond acceptors (Lipinski definition) is 2. The highest BCUT2D eigenvalue weighted by Crippen LogP contribution is 2.36. The average Bonchev–Trinajstić information content (AvgIpc) is 2.27. The van der Waals surface area contributed by atoms with Crippen LogP contribution in [0.3, 0.4) is 0 Å². The van der Waals surface area contributed by atoms with Crippen LogP contribution >= 0.6 is 0 Å². The summed E-state index contributed by atoms with van der Waals surface area (Å²) in [5.74, 6) is -0.683. The van der Waals surface area contributed by atoms with Crippen LogP contribution < -0.4 is 4.74 Å². The van der Waals surface area contributed by atoms with Gasteiger partial charge in [-0.3, -0.25) is 4.79 Å². The van der Waals surface area contributed by atoms with Gasteiger partial charge >= 0.3 is 12.3 Å². The summed E-state index contributed by atoms with van der Waals surface area (Å²) < 4.78 is 77.1. The first-order valence-corrected chi connectivity index (χ1v) is 4.49. The SMILES string of the molecule is O=Cc1ccc(OC(F)(F)[C@H](F)C(F)(F)F)cc1. The first-order valence-electron chi connectivity index (χ1n) is 4.49. The van der Waals surface area contributed by atoms with E-state index in [4.69, 9.17) is 0 Å². The summed E-state index contributed by atoms with van der Waals surface area (Å²) in [5.41, 5.74) is 0.110. The van der Waals surface area contributed by atoms with Gasteiger partial charge in [-0.1, -0.05) is 0 Å². The minimum Gasteiger partial charge on any atom is -0.430 e. The monoisotopic (exact) mass is 272 g/mol. The highest BCUT2D eigenvalue weighted by Gasteiger charge is 2.59. The fraction of sp³-hybridized carbons (Fsp3) is 0.300. The van der Waals surface area contributed by atoms with E-state index in [0.717, 1.165) is 24.3 Å². The highest BCUT2D eigenvalue weighted by atomic mass is 19.4. The summed E-state index contributed by atoms with van der Waals surface area (Å²) in [6, 6.07) is 3.75. The molecule has 0 aliphatic rings. The van der Waals surface area contributed by atoms with Crippen molar-refractivity contribution < 1.29 is 35.9 Å². The lowest BCUT2D eigenvalue weighted by molar-refractivity contribution is -0.304. The van der Waals surface area contributed by atoms with E-state index < -0.39 is 24.2 Å². The molecule has 0 saturated heterocycles. The molecule has 1 atom stereocenters. The minimum atomic E-state index is -5.73. The van der Waals surface area contributed by atoms with Crippen LogP contribution in [0.2, 0.25) is 0 Å². The number of rotatable bonds is 4. The summed E-state index contributed by atoms with van der Waals surface area (Å²) in [5, 5.41) is 0. The second-order valence-corrected chi connectivity index (χ2v) is 3.25. The van der Waals surface area contributed by atoms with Gasteiger partial charge in [0.15, 0.2) is 0 Å². The van der Waals surface area contributed by atoms with Gasteiger partial charge in [-0.2, -0.15) is 22.0 Å². The second kappa shape index (κ2) is 4.87.